The summed E-state index contributed by atoms with van der Waals surface area (Å²) in [6, 6.07) is 25.3. The minimum absolute atomic E-state index is 0.302. The predicted octanol–water partition coefficient (Wildman–Crippen LogP) is 4.09. The number of hydrogen-bond acceptors (Lipinski definition) is 4. The number of benzene rings is 3. The molecule has 1 aliphatic rings. The molecule has 0 saturated carbocycles. The third-order valence-electron chi connectivity index (χ3n) is 8.07. The van der Waals surface area contributed by atoms with Gasteiger partial charge in [-0.3, -0.25) is 18.8 Å². The second-order valence-electron chi connectivity index (χ2n) is 10.5. The van der Waals surface area contributed by atoms with E-state index in [1.807, 2.05) is 16.7 Å². The number of nitrogens with zero attached hydrogens (tertiary/aromatic N) is 5. The van der Waals surface area contributed by atoms with E-state index in [4.69, 9.17) is 4.98 Å². The third kappa shape index (κ3) is 4.47. The summed E-state index contributed by atoms with van der Waals surface area (Å²) in [5.74, 6) is 1.50. The monoisotopic (exact) mass is 507 g/mol. The molecule has 38 heavy (non-hydrogen) atoms. The molecule has 1 saturated heterocycles. The van der Waals surface area contributed by atoms with Gasteiger partial charge in [0, 0.05) is 14.1 Å². The second-order valence-corrected chi connectivity index (χ2v) is 10.5. The van der Waals surface area contributed by atoms with Gasteiger partial charge in [-0.2, -0.15) is 0 Å². The van der Waals surface area contributed by atoms with E-state index in [1.165, 1.54) is 21.7 Å². The normalized spacial score (nSPS) is 15.0. The van der Waals surface area contributed by atoms with Crippen molar-refractivity contribution in [3.63, 3.8) is 0 Å². The van der Waals surface area contributed by atoms with Crippen LogP contribution in [0.1, 0.15) is 29.8 Å². The van der Waals surface area contributed by atoms with Crippen LogP contribution in [-0.4, -0.2) is 36.7 Å². The molecule has 3 heterocycles. The number of aromatic nitrogens is 4. The summed E-state index contributed by atoms with van der Waals surface area (Å²) in [6.07, 6.45) is 3.39. The highest BCUT2D eigenvalue weighted by Gasteiger charge is 2.24. The molecule has 1 aliphatic heterocycles. The van der Waals surface area contributed by atoms with Gasteiger partial charge in [-0.1, -0.05) is 72.8 Å². The SMILES string of the molecule is Cn1c(=O)c2c(nc(CN3CCC(Cc4ccccc4)CC3)n2Cc2cccc3ccccc23)n(C)c1=O. The molecular formula is C31H33N5O2. The first-order chi connectivity index (χ1) is 18.5. The van der Waals surface area contributed by atoms with Crippen molar-refractivity contribution in [2.75, 3.05) is 13.1 Å². The molecule has 7 heteroatoms. The van der Waals surface area contributed by atoms with Gasteiger partial charge in [0.05, 0.1) is 13.1 Å². The molecule has 7 nitrogen and oxygen atoms in total. The molecule has 0 spiro atoms. The smallest absolute Gasteiger partial charge is 0.317 e. The van der Waals surface area contributed by atoms with Crippen LogP contribution in [0.15, 0.2) is 82.4 Å². The fourth-order valence-electron chi connectivity index (χ4n) is 5.88. The van der Waals surface area contributed by atoms with Gasteiger partial charge in [0.2, 0.25) is 0 Å². The Balaban J connectivity index is 1.34. The van der Waals surface area contributed by atoms with Gasteiger partial charge in [-0.05, 0) is 60.2 Å². The number of hydrogen-bond donors (Lipinski definition) is 0. The van der Waals surface area contributed by atoms with E-state index in [2.05, 4.69) is 65.6 Å². The largest absolute Gasteiger partial charge is 0.332 e. The van der Waals surface area contributed by atoms with Crippen molar-refractivity contribution in [2.24, 2.45) is 20.0 Å². The minimum Gasteiger partial charge on any atom is -0.317 e. The standard InChI is InChI=1S/C31H33N5O2/c1-33-29-28(30(37)34(2)31(33)38)36(20-25-13-8-12-24-11-6-7-14-26(24)25)27(32-29)21-35-17-15-23(16-18-35)19-22-9-4-3-5-10-22/h3-14,23H,15-21H2,1-2H3. The highest BCUT2D eigenvalue weighted by molar-refractivity contribution is 5.85. The first-order valence-corrected chi connectivity index (χ1v) is 13.4. The first kappa shape index (κ1) is 24.4. The molecular weight excluding hydrogens is 474 g/mol. The molecule has 0 bridgehead atoms. The van der Waals surface area contributed by atoms with Crippen molar-refractivity contribution in [1.82, 2.24) is 23.6 Å². The summed E-state index contributed by atoms with van der Waals surface area (Å²) >= 11 is 0. The van der Waals surface area contributed by atoms with E-state index in [-0.39, 0.29) is 11.2 Å². The molecule has 2 aromatic heterocycles. The van der Waals surface area contributed by atoms with Crippen LogP contribution in [0.25, 0.3) is 21.9 Å². The molecule has 5 aromatic rings. The van der Waals surface area contributed by atoms with Gasteiger partial charge in [0.1, 0.15) is 5.82 Å². The highest BCUT2D eigenvalue weighted by atomic mass is 16.2. The lowest BCUT2D eigenvalue weighted by molar-refractivity contribution is 0.172. The minimum atomic E-state index is -0.356. The molecule has 0 radical (unpaired) electrons. The Hall–Kier alpha value is -3.97. The molecule has 3 aromatic carbocycles. The van der Waals surface area contributed by atoms with E-state index < -0.39 is 0 Å². The Labute approximate surface area is 221 Å². The van der Waals surface area contributed by atoms with E-state index in [0.717, 1.165) is 54.5 Å². The molecule has 0 amide bonds. The van der Waals surface area contributed by atoms with Gasteiger partial charge >= 0.3 is 5.69 Å². The van der Waals surface area contributed by atoms with Crippen LogP contribution in [0.3, 0.4) is 0 Å². The van der Waals surface area contributed by atoms with Crippen LogP contribution in [0.2, 0.25) is 0 Å². The van der Waals surface area contributed by atoms with E-state index in [0.29, 0.717) is 30.2 Å². The Morgan fingerprint density at radius 3 is 2.32 bits per heavy atom. The van der Waals surface area contributed by atoms with E-state index in [9.17, 15) is 9.59 Å². The summed E-state index contributed by atoms with van der Waals surface area (Å²) in [6.45, 7) is 3.15. The Kier molecular flexibility index (Phi) is 6.45. The van der Waals surface area contributed by atoms with Crippen molar-refractivity contribution in [3.8, 4) is 0 Å². The maximum absolute atomic E-state index is 13.4. The second kappa shape index (κ2) is 10.1. The zero-order valence-corrected chi connectivity index (χ0v) is 22.0. The summed E-state index contributed by atoms with van der Waals surface area (Å²) in [5, 5.41) is 2.32. The lowest BCUT2D eigenvalue weighted by Crippen LogP contribution is -2.37. The molecule has 0 unspecified atom stereocenters. The first-order valence-electron chi connectivity index (χ1n) is 13.4. The van der Waals surface area contributed by atoms with Crippen molar-refractivity contribution in [2.45, 2.75) is 32.4 Å². The molecule has 0 atom stereocenters. The number of imidazole rings is 1. The molecule has 0 aliphatic carbocycles. The Morgan fingerprint density at radius 1 is 0.816 bits per heavy atom. The fourth-order valence-corrected chi connectivity index (χ4v) is 5.88. The summed E-state index contributed by atoms with van der Waals surface area (Å²) in [4.78, 5) is 33.4. The average Bonchev–Trinajstić information content (AvgIpc) is 3.30. The lowest BCUT2D eigenvalue weighted by atomic mass is 9.90. The van der Waals surface area contributed by atoms with Crippen molar-refractivity contribution < 1.29 is 0 Å². The van der Waals surface area contributed by atoms with Crippen LogP contribution in [0.4, 0.5) is 0 Å². The van der Waals surface area contributed by atoms with Crippen LogP contribution >= 0.6 is 0 Å². The average molecular weight is 508 g/mol. The third-order valence-corrected chi connectivity index (χ3v) is 8.07. The van der Waals surface area contributed by atoms with Crippen LogP contribution in [-0.2, 0) is 33.6 Å². The Bertz CT molecular complexity index is 1720. The number of rotatable bonds is 6. The maximum Gasteiger partial charge on any atom is 0.332 e. The number of fused-ring (bicyclic) bond motifs is 2. The van der Waals surface area contributed by atoms with Gasteiger partial charge in [0.15, 0.2) is 11.2 Å². The zero-order chi connectivity index (χ0) is 26.2. The molecule has 1 fully saturated rings. The topological polar surface area (TPSA) is 65.1 Å². The Morgan fingerprint density at radius 2 is 1.53 bits per heavy atom. The number of aryl methyl sites for hydroxylation is 1. The summed E-state index contributed by atoms with van der Waals surface area (Å²) in [7, 11) is 3.23. The van der Waals surface area contributed by atoms with Gasteiger partial charge in [-0.15, -0.1) is 0 Å². The lowest BCUT2D eigenvalue weighted by Gasteiger charge is -2.32. The van der Waals surface area contributed by atoms with Gasteiger partial charge < -0.3 is 4.57 Å². The summed E-state index contributed by atoms with van der Waals surface area (Å²) < 4.78 is 4.71. The molecule has 194 valence electrons. The number of piperidine rings is 1. The zero-order valence-electron chi connectivity index (χ0n) is 22.0. The number of likely N-dealkylation sites (tertiary alicyclic amines) is 1. The molecule has 0 N–H and O–H groups in total. The van der Waals surface area contributed by atoms with Crippen molar-refractivity contribution in [1.29, 1.82) is 0 Å². The van der Waals surface area contributed by atoms with E-state index >= 15 is 0 Å². The predicted molar refractivity (Wildman–Crippen MR) is 151 cm³/mol. The maximum atomic E-state index is 13.4. The van der Waals surface area contributed by atoms with Crippen LogP contribution in [0, 0.1) is 5.92 Å². The fraction of sp³-hybridized carbons (Fsp3) is 0.323. The van der Waals surface area contributed by atoms with Gasteiger partial charge in [0.25, 0.3) is 5.56 Å². The quantitative estimate of drug-likeness (QED) is 0.347. The van der Waals surface area contributed by atoms with E-state index in [1.54, 1.807) is 7.05 Å². The van der Waals surface area contributed by atoms with Crippen LogP contribution < -0.4 is 11.2 Å². The van der Waals surface area contributed by atoms with Crippen LogP contribution in [0.5, 0.6) is 0 Å². The molecule has 6 rings (SSSR count). The van der Waals surface area contributed by atoms with Crippen molar-refractivity contribution >= 4 is 21.9 Å². The van der Waals surface area contributed by atoms with Gasteiger partial charge in [-0.25, -0.2) is 9.78 Å². The summed E-state index contributed by atoms with van der Waals surface area (Å²) in [5.41, 5.74) is 2.80. The highest BCUT2D eigenvalue weighted by Crippen LogP contribution is 2.25. The van der Waals surface area contributed by atoms with Crippen molar-refractivity contribution in [3.05, 3.63) is 111 Å².